The highest BCUT2D eigenvalue weighted by molar-refractivity contribution is 5.89. The molecule has 2 nitrogen and oxygen atoms in total. The van der Waals surface area contributed by atoms with Gasteiger partial charge < -0.3 is 5.11 Å². The Bertz CT molecular complexity index is 571. The summed E-state index contributed by atoms with van der Waals surface area (Å²) in [4.78, 5) is 11.1. The summed E-state index contributed by atoms with van der Waals surface area (Å²) in [5.41, 5.74) is 4.71. The van der Waals surface area contributed by atoms with Gasteiger partial charge >= 0.3 is 5.97 Å². The molecule has 0 heterocycles. The van der Waals surface area contributed by atoms with E-state index in [2.05, 4.69) is 12.1 Å². The van der Waals surface area contributed by atoms with Gasteiger partial charge in [-0.1, -0.05) is 36.4 Å². The number of aryl methyl sites for hydroxylation is 1. The van der Waals surface area contributed by atoms with Crippen molar-refractivity contribution in [3.8, 4) is 0 Å². The lowest BCUT2D eigenvalue weighted by Gasteiger charge is -2.12. The van der Waals surface area contributed by atoms with Crippen LogP contribution in [0.5, 0.6) is 0 Å². The molecule has 0 bridgehead atoms. The normalized spacial score (nSPS) is 10.3. The minimum atomic E-state index is -0.859. The first kappa shape index (κ1) is 12.4. The minimum Gasteiger partial charge on any atom is -0.478 e. The molecule has 0 unspecified atom stereocenters. The predicted octanol–water partition coefficient (Wildman–Crippen LogP) is 3.59. The molecular formula is C16H16O2. The topological polar surface area (TPSA) is 37.3 Å². The van der Waals surface area contributed by atoms with Crippen molar-refractivity contribution in [3.63, 3.8) is 0 Å². The molecule has 0 saturated heterocycles. The second-order valence-corrected chi connectivity index (χ2v) is 4.50. The largest absolute Gasteiger partial charge is 0.478 e. The first-order chi connectivity index (χ1) is 8.59. The summed E-state index contributed by atoms with van der Waals surface area (Å²) in [6.45, 7) is 3.91. The Labute approximate surface area is 107 Å². The van der Waals surface area contributed by atoms with Crippen molar-refractivity contribution in [2.75, 3.05) is 0 Å². The number of carbonyl (C=O) groups is 1. The first-order valence-corrected chi connectivity index (χ1v) is 5.96. The smallest absolute Gasteiger partial charge is 0.335 e. The van der Waals surface area contributed by atoms with E-state index in [1.165, 1.54) is 5.56 Å². The van der Waals surface area contributed by atoms with E-state index in [4.69, 9.17) is 5.11 Å². The third-order valence-corrected chi connectivity index (χ3v) is 3.29. The van der Waals surface area contributed by atoms with Gasteiger partial charge in [0.15, 0.2) is 0 Å². The highest BCUT2D eigenvalue weighted by Gasteiger charge is 2.12. The summed E-state index contributed by atoms with van der Waals surface area (Å²) in [5.74, 6) is -0.859. The molecule has 0 amide bonds. The van der Waals surface area contributed by atoms with Crippen molar-refractivity contribution in [3.05, 3.63) is 70.3 Å². The van der Waals surface area contributed by atoms with Crippen LogP contribution in [0.3, 0.4) is 0 Å². The molecule has 2 aromatic carbocycles. The monoisotopic (exact) mass is 240 g/mol. The maximum absolute atomic E-state index is 11.1. The summed E-state index contributed by atoms with van der Waals surface area (Å²) in [7, 11) is 0. The molecule has 2 heteroatoms. The zero-order chi connectivity index (χ0) is 13.1. The number of carboxylic acids is 1. The number of hydrogen-bond acceptors (Lipinski definition) is 1. The third-order valence-electron chi connectivity index (χ3n) is 3.29. The van der Waals surface area contributed by atoms with Gasteiger partial charge in [0.1, 0.15) is 0 Å². The molecule has 0 aromatic heterocycles. The summed E-state index contributed by atoms with van der Waals surface area (Å²) in [5, 5.41) is 9.15. The molecular weight excluding hydrogens is 224 g/mol. The molecule has 0 saturated carbocycles. The van der Waals surface area contributed by atoms with Gasteiger partial charge in [-0.3, -0.25) is 0 Å². The van der Waals surface area contributed by atoms with Crippen LogP contribution in [0.4, 0.5) is 0 Å². The van der Waals surface area contributed by atoms with Crippen LogP contribution in [0.15, 0.2) is 42.5 Å². The molecule has 0 spiro atoms. The van der Waals surface area contributed by atoms with E-state index in [1.54, 1.807) is 6.07 Å². The summed E-state index contributed by atoms with van der Waals surface area (Å²) in [6.07, 6.45) is 0.777. The lowest BCUT2D eigenvalue weighted by atomic mass is 9.93. The molecule has 1 N–H and O–H groups in total. The van der Waals surface area contributed by atoms with Gasteiger partial charge in [0, 0.05) is 0 Å². The van der Waals surface area contributed by atoms with E-state index in [0.717, 1.165) is 23.1 Å². The van der Waals surface area contributed by atoms with Crippen LogP contribution in [-0.2, 0) is 6.42 Å². The van der Waals surface area contributed by atoms with Crippen LogP contribution in [0.1, 0.15) is 32.6 Å². The molecule has 0 fully saturated rings. The van der Waals surface area contributed by atoms with E-state index in [0.29, 0.717) is 5.56 Å². The summed E-state index contributed by atoms with van der Waals surface area (Å²) < 4.78 is 0. The number of hydrogen-bond donors (Lipinski definition) is 1. The minimum absolute atomic E-state index is 0.395. The molecule has 2 rings (SSSR count). The van der Waals surface area contributed by atoms with Crippen LogP contribution in [0.25, 0.3) is 0 Å². The maximum Gasteiger partial charge on any atom is 0.335 e. The molecule has 0 aliphatic carbocycles. The zero-order valence-corrected chi connectivity index (χ0v) is 10.6. The van der Waals surface area contributed by atoms with Crippen LogP contribution in [0, 0.1) is 13.8 Å². The lowest BCUT2D eigenvalue weighted by molar-refractivity contribution is 0.0696. The number of benzene rings is 2. The van der Waals surface area contributed by atoms with Crippen LogP contribution >= 0.6 is 0 Å². The van der Waals surface area contributed by atoms with Gasteiger partial charge in [-0.2, -0.15) is 0 Å². The Balaban J connectivity index is 2.44. The lowest BCUT2D eigenvalue weighted by Crippen LogP contribution is -2.05. The van der Waals surface area contributed by atoms with Crippen molar-refractivity contribution in [1.29, 1.82) is 0 Å². The second-order valence-electron chi connectivity index (χ2n) is 4.50. The predicted molar refractivity (Wildman–Crippen MR) is 72.1 cm³/mol. The van der Waals surface area contributed by atoms with Crippen molar-refractivity contribution in [1.82, 2.24) is 0 Å². The molecule has 18 heavy (non-hydrogen) atoms. The highest BCUT2D eigenvalue weighted by atomic mass is 16.4. The average Bonchev–Trinajstić information content (AvgIpc) is 2.35. The fourth-order valence-electron chi connectivity index (χ4n) is 2.20. The molecule has 2 aromatic rings. The van der Waals surface area contributed by atoms with Crippen molar-refractivity contribution >= 4 is 5.97 Å². The summed E-state index contributed by atoms with van der Waals surface area (Å²) >= 11 is 0. The molecule has 92 valence electrons. The van der Waals surface area contributed by atoms with E-state index >= 15 is 0 Å². The van der Waals surface area contributed by atoms with Crippen LogP contribution in [-0.4, -0.2) is 11.1 Å². The maximum atomic E-state index is 11.1. The highest BCUT2D eigenvalue weighted by Crippen LogP contribution is 2.21. The van der Waals surface area contributed by atoms with Gasteiger partial charge in [-0.15, -0.1) is 0 Å². The van der Waals surface area contributed by atoms with Crippen molar-refractivity contribution in [2.45, 2.75) is 20.3 Å². The number of rotatable bonds is 3. The van der Waals surface area contributed by atoms with Crippen LogP contribution in [0.2, 0.25) is 0 Å². The summed E-state index contributed by atoms with van der Waals surface area (Å²) in [6, 6.07) is 13.7. The Kier molecular flexibility index (Phi) is 3.47. The standard InChI is InChI=1S/C16H16O2/c1-11-8-9-14(16(17)18)12(2)15(11)10-13-6-4-3-5-7-13/h3-9H,10H2,1-2H3,(H,17,18). The van der Waals surface area contributed by atoms with Crippen molar-refractivity contribution < 1.29 is 9.90 Å². The molecule has 0 aliphatic rings. The van der Waals surface area contributed by atoms with E-state index in [-0.39, 0.29) is 0 Å². The molecule has 0 atom stereocenters. The van der Waals surface area contributed by atoms with E-state index in [1.807, 2.05) is 38.1 Å². The van der Waals surface area contributed by atoms with E-state index in [9.17, 15) is 4.79 Å². The van der Waals surface area contributed by atoms with Gasteiger partial charge in [0.05, 0.1) is 5.56 Å². The average molecular weight is 240 g/mol. The number of carboxylic acid groups (broad SMARTS) is 1. The fraction of sp³-hybridized carbons (Fsp3) is 0.188. The quantitative estimate of drug-likeness (QED) is 0.890. The molecule has 0 radical (unpaired) electrons. The third kappa shape index (κ3) is 2.43. The Morgan fingerprint density at radius 2 is 1.72 bits per heavy atom. The Morgan fingerprint density at radius 1 is 1.06 bits per heavy atom. The van der Waals surface area contributed by atoms with Gasteiger partial charge in [0.25, 0.3) is 0 Å². The SMILES string of the molecule is Cc1ccc(C(=O)O)c(C)c1Cc1ccccc1. The molecule has 0 aliphatic heterocycles. The van der Waals surface area contributed by atoms with Crippen molar-refractivity contribution in [2.24, 2.45) is 0 Å². The van der Waals surface area contributed by atoms with Gasteiger partial charge in [-0.05, 0) is 48.6 Å². The Morgan fingerprint density at radius 3 is 2.33 bits per heavy atom. The first-order valence-electron chi connectivity index (χ1n) is 5.96. The Hall–Kier alpha value is -2.09. The fourth-order valence-corrected chi connectivity index (χ4v) is 2.20. The zero-order valence-electron chi connectivity index (χ0n) is 10.6. The van der Waals surface area contributed by atoms with Gasteiger partial charge in [-0.25, -0.2) is 4.79 Å². The second kappa shape index (κ2) is 5.05. The van der Waals surface area contributed by atoms with E-state index < -0.39 is 5.97 Å². The van der Waals surface area contributed by atoms with Gasteiger partial charge in [0.2, 0.25) is 0 Å². The number of aromatic carboxylic acids is 1. The van der Waals surface area contributed by atoms with Crippen LogP contribution < -0.4 is 0 Å².